The summed E-state index contributed by atoms with van der Waals surface area (Å²) in [5, 5.41) is 21.7. The Morgan fingerprint density at radius 2 is 0.718 bits per heavy atom. The van der Waals surface area contributed by atoms with Gasteiger partial charge in [0.25, 0.3) is 0 Å². The number of rotatable bonds is 41. The van der Waals surface area contributed by atoms with Crippen molar-refractivity contribution in [2.75, 3.05) is 59.3 Å². The lowest BCUT2D eigenvalue weighted by molar-refractivity contribution is -0.573. The number of nitrogens with one attached hydrogen (secondary N) is 3. The smallest absolute Gasteiger partial charge is 0.303 e. The number of ether oxygens (including phenoxy) is 10. The molecule has 85 heavy (non-hydrogen) atoms. The summed E-state index contributed by atoms with van der Waals surface area (Å²) in [5.74, 6) is -1.49. The highest BCUT2D eigenvalue weighted by molar-refractivity contribution is 5.77. The van der Waals surface area contributed by atoms with Crippen molar-refractivity contribution >= 4 is 41.6 Å². The lowest BCUT2D eigenvalue weighted by Crippen LogP contribution is -2.53. The van der Waals surface area contributed by atoms with Gasteiger partial charge in [-0.05, 0) is 62.2 Å². The number of nitro groups is 1. The quantitative estimate of drug-likeness (QED) is 0.0170. The first kappa shape index (κ1) is 74.7. The van der Waals surface area contributed by atoms with Gasteiger partial charge in [-0.3, -0.25) is 43.7 Å². The van der Waals surface area contributed by atoms with E-state index in [0.29, 0.717) is 77.0 Å². The van der Waals surface area contributed by atoms with Crippen LogP contribution in [-0.2, 0) is 80.9 Å². The van der Waals surface area contributed by atoms with E-state index < -0.39 is 53.5 Å². The van der Waals surface area contributed by atoms with Crippen LogP contribution in [0.1, 0.15) is 199 Å². The minimum Gasteiger partial charge on any atom is -0.463 e. The van der Waals surface area contributed by atoms with Crippen LogP contribution >= 0.6 is 0 Å². The van der Waals surface area contributed by atoms with Gasteiger partial charge in [-0.25, -0.2) is 0 Å². The highest BCUT2D eigenvalue weighted by Crippen LogP contribution is 2.38. The molecule has 3 heterocycles. The van der Waals surface area contributed by atoms with Crippen LogP contribution in [0.15, 0.2) is 0 Å². The first-order chi connectivity index (χ1) is 40.4. The summed E-state index contributed by atoms with van der Waals surface area (Å²) >= 11 is 0. The Hall–Kier alpha value is -4.55. The molecule has 3 amide bonds. The summed E-state index contributed by atoms with van der Waals surface area (Å²) in [6.07, 6.45) is 5.28. The van der Waals surface area contributed by atoms with Crippen molar-refractivity contribution < 1.29 is 85.9 Å². The maximum Gasteiger partial charge on any atom is 0.303 e. The minimum atomic E-state index is -1.70. The highest BCUT2D eigenvalue weighted by Gasteiger charge is 2.46. The number of hydrogen-bond acceptors (Lipinski definition) is 19. The Kier molecular flexibility index (Phi) is 35.2. The molecular formula is C62H108N4O19. The predicted molar refractivity (Wildman–Crippen MR) is 314 cm³/mol. The molecule has 3 aliphatic rings. The normalized spacial score (nSPS) is 28.3. The molecule has 0 saturated carbocycles. The average Bonchev–Trinajstić information content (AvgIpc) is 2.92. The lowest BCUT2D eigenvalue weighted by Gasteiger charge is -2.43. The first-order valence-electron chi connectivity index (χ1n) is 31.7. The lowest BCUT2D eigenvalue weighted by atomic mass is 9.79. The van der Waals surface area contributed by atoms with Gasteiger partial charge < -0.3 is 63.3 Å². The molecule has 3 N–H and O–H groups in total. The van der Waals surface area contributed by atoms with E-state index in [1.807, 2.05) is 13.8 Å². The molecule has 0 bridgehead atoms. The standard InChI is InChI=1S/C62H108N4O19/c1-40-42(3)52(37-79-48(9)67)83-59(45(40)6)76-34-22-16-13-19-31-63-55(71)25-28-62(66(74)75,29-26-56(72)64-32-20-14-17-23-35-77-60-46(7)41(2)43(4)53(84-60)38-80-49(10)68)30-27-57(73)65-33-21-15-18-24-36-78-61-47(8)44(5)58(82-51(12)70)54(85-61)39-81-50(11)69/h40-47,52-54,58-61H,13-39H2,1-12H3,(H,63,71)(H,64,72)(H,65,73). The Balaban J connectivity index is 1.45. The van der Waals surface area contributed by atoms with Crippen molar-refractivity contribution in [3.8, 4) is 0 Å². The minimum absolute atomic E-state index is 0.0705. The zero-order valence-electron chi connectivity index (χ0n) is 53.5. The topological polar surface area (TPSA) is 291 Å². The Bertz CT molecular complexity index is 1950. The fraction of sp³-hybridized carbons (Fsp3) is 0.887. The van der Waals surface area contributed by atoms with Crippen molar-refractivity contribution in [3.63, 3.8) is 0 Å². The van der Waals surface area contributed by atoms with Crippen LogP contribution in [0.4, 0.5) is 0 Å². The molecule has 0 spiro atoms. The van der Waals surface area contributed by atoms with E-state index in [0.717, 1.165) is 51.4 Å². The van der Waals surface area contributed by atoms with Crippen LogP contribution < -0.4 is 16.0 Å². The van der Waals surface area contributed by atoms with Crippen molar-refractivity contribution in [2.45, 2.75) is 247 Å². The molecule has 15 atom stereocenters. The average molecular weight is 1210 g/mol. The highest BCUT2D eigenvalue weighted by atomic mass is 16.7. The zero-order chi connectivity index (χ0) is 63.1. The van der Waals surface area contributed by atoms with E-state index in [-0.39, 0.29) is 136 Å². The van der Waals surface area contributed by atoms with Gasteiger partial charge in [0.05, 0.1) is 12.2 Å². The second-order valence-electron chi connectivity index (χ2n) is 24.4. The summed E-state index contributed by atoms with van der Waals surface area (Å²) < 4.78 is 58.0. The molecule has 3 fully saturated rings. The zero-order valence-corrected chi connectivity index (χ0v) is 53.5. The van der Waals surface area contributed by atoms with Gasteiger partial charge >= 0.3 is 23.9 Å². The van der Waals surface area contributed by atoms with Crippen molar-refractivity contribution in [2.24, 2.45) is 47.3 Å². The van der Waals surface area contributed by atoms with Crippen molar-refractivity contribution in [1.29, 1.82) is 0 Å². The van der Waals surface area contributed by atoms with Gasteiger partial charge in [-0.1, -0.05) is 93.9 Å². The number of unbranched alkanes of at least 4 members (excludes halogenated alkanes) is 9. The maximum atomic E-state index is 13.2. The monoisotopic (exact) mass is 1210 g/mol. The molecule has 3 saturated heterocycles. The molecule has 490 valence electrons. The third kappa shape index (κ3) is 27.6. The molecule has 15 unspecified atom stereocenters. The van der Waals surface area contributed by atoms with Crippen molar-refractivity contribution in [3.05, 3.63) is 10.1 Å². The second-order valence-corrected chi connectivity index (χ2v) is 24.4. The fourth-order valence-electron chi connectivity index (χ4n) is 11.3. The molecule has 3 aliphatic heterocycles. The van der Waals surface area contributed by atoms with Crippen molar-refractivity contribution in [1.82, 2.24) is 16.0 Å². The number of nitrogens with zero attached hydrogens (tertiary/aromatic N) is 1. The van der Waals surface area contributed by atoms with Crippen LogP contribution in [0, 0.1) is 57.5 Å². The summed E-state index contributed by atoms with van der Waals surface area (Å²) in [7, 11) is 0. The summed E-state index contributed by atoms with van der Waals surface area (Å²) in [6.45, 7) is 24.9. The van der Waals surface area contributed by atoms with Crippen LogP contribution in [-0.4, -0.2) is 155 Å². The summed E-state index contributed by atoms with van der Waals surface area (Å²) in [4.78, 5) is 98.3. The van der Waals surface area contributed by atoms with Gasteiger partial charge in [0.2, 0.25) is 23.3 Å². The molecule has 0 aromatic carbocycles. The number of esters is 4. The second kappa shape index (κ2) is 40.1. The van der Waals surface area contributed by atoms with Crippen LogP contribution in [0.2, 0.25) is 0 Å². The summed E-state index contributed by atoms with van der Waals surface area (Å²) in [6, 6.07) is 0. The molecule has 0 aliphatic carbocycles. The third-order valence-electron chi connectivity index (χ3n) is 17.9. The number of carbonyl (C=O) groups is 7. The molecule has 0 aromatic heterocycles. The van der Waals surface area contributed by atoms with Gasteiger partial charge in [-0.2, -0.15) is 0 Å². The Morgan fingerprint density at radius 1 is 0.412 bits per heavy atom. The van der Waals surface area contributed by atoms with Crippen LogP contribution in [0.5, 0.6) is 0 Å². The van der Waals surface area contributed by atoms with Gasteiger partial charge in [-0.15, -0.1) is 0 Å². The van der Waals surface area contributed by atoms with E-state index in [1.54, 1.807) is 0 Å². The fourth-order valence-corrected chi connectivity index (χ4v) is 11.3. The number of amides is 3. The summed E-state index contributed by atoms with van der Waals surface area (Å²) in [5.41, 5.74) is -1.70. The van der Waals surface area contributed by atoms with Crippen LogP contribution in [0.3, 0.4) is 0 Å². The first-order valence-corrected chi connectivity index (χ1v) is 31.7. The SMILES string of the molecule is CC(=O)OCC1OC(OCCCCCCNC(=O)CCC(CCC(=O)NCCCCCCOC2OC(COC(C)=O)C(C)C(C)C2C)(CCC(=O)NCCCCCCOC2OC(COC(C)=O)C(OC(C)=O)C(C)C2C)[N+](=O)[O-])C(C)C(C)C1C. The van der Waals surface area contributed by atoms with Gasteiger partial charge in [0.1, 0.15) is 32.0 Å². The maximum absolute atomic E-state index is 13.2. The van der Waals surface area contributed by atoms with E-state index >= 15 is 0 Å². The number of carbonyl (C=O) groups excluding carboxylic acids is 7. The molecule has 0 aromatic rings. The largest absolute Gasteiger partial charge is 0.463 e. The van der Waals surface area contributed by atoms with Gasteiger partial charge in [0.15, 0.2) is 18.9 Å². The van der Waals surface area contributed by atoms with Gasteiger partial charge in [0, 0.05) is 134 Å². The van der Waals surface area contributed by atoms with E-state index in [4.69, 9.17) is 47.4 Å². The van der Waals surface area contributed by atoms with E-state index in [2.05, 4.69) is 57.5 Å². The van der Waals surface area contributed by atoms with E-state index in [1.165, 1.54) is 27.7 Å². The Morgan fingerprint density at radius 3 is 1.04 bits per heavy atom. The molecular weight excluding hydrogens is 1100 g/mol. The molecule has 23 heteroatoms. The third-order valence-corrected chi connectivity index (χ3v) is 17.9. The van der Waals surface area contributed by atoms with Crippen LogP contribution in [0.25, 0.3) is 0 Å². The predicted octanol–water partition coefficient (Wildman–Crippen LogP) is 8.31. The molecule has 0 radical (unpaired) electrons. The molecule has 3 rings (SSSR count). The number of hydrogen-bond donors (Lipinski definition) is 3. The molecule has 23 nitrogen and oxygen atoms in total. The van der Waals surface area contributed by atoms with E-state index in [9.17, 15) is 43.7 Å². The Labute approximate surface area is 506 Å².